The van der Waals surface area contributed by atoms with Crippen molar-refractivity contribution in [3.63, 3.8) is 0 Å². The van der Waals surface area contributed by atoms with Crippen LogP contribution < -0.4 is 5.32 Å². The second-order valence-corrected chi connectivity index (χ2v) is 9.22. The zero-order valence-electron chi connectivity index (χ0n) is 19.2. The van der Waals surface area contributed by atoms with E-state index in [2.05, 4.69) is 22.1 Å². The summed E-state index contributed by atoms with van der Waals surface area (Å²) in [5, 5.41) is 12.4. The molecule has 1 heterocycles. The van der Waals surface area contributed by atoms with Crippen LogP contribution in [0.5, 0.6) is 0 Å². The highest BCUT2D eigenvalue weighted by Crippen LogP contribution is 2.35. The molecule has 6 heteroatoms. The molecule has 1 aromatic heterocycles. The lowest BCUT2D eigenvalue weighted by molar-refractivity contribution is -0.121. The van der Waals surface area contributed by atoms with Crippen molar-refractivity contribution >= 4 is 17.8 Å². The molecule has 0 bridgehead atoms. The number of carbonyl (C=O) groups is 2. The fourth-order valence-corrected chi connectivity index (χ4v) is 4.24. The highest BCUT2D eigenvalue weighted by molar-refractivity contribution is 5.95. The van der Waals surface area contributed by atoms with Crippen molar-refractivity contribution in [2.24, 2.45) is 0 Å². The quantitative estimate of drug-likeness (QED) is 0.646. The summed E-state index contributed by atoms with van der Waals surface area (Å²) < 4.78 is 0. The number of nitrogens with one attached hydrogen (secondary N) is 1. The number of rotatable bonds is 4. The molecule has 6 nitrogen and oxygen atoms in total. The number of nitrogens with zero attached hydrogens (tertiary/aromatic N) is 2. The molecule has 2 amide bonds. The van der Waals surface area contributed by atoms with E-state index >= 15 is 0 Å². The number of anilines is 1. The van der Waals surface area contributed by atoms with Crippen LogP contribution in [0.15, 0.2) is 42.5 Å². The Hall–Kier alpha value is -3.33. The van der Waals surface area contributed by atoms with Gasteiger partial charge in [0, 0.05) is 11.1 Å². The molecule has 0 spiro atoms. The maximum Gasteiger partial charge on any atom is 0.408 e. The summed E-state index contributed by atoms with van der Waals surface area (Å²) in [6, 6.07) is 12.6. The average molecular weight is 434 g/mol. The summed E-state index contributed by atoms with van der Waals surface area (Å²) in [4.78, 5) is 30.4. The Labute approximate surface area is 190 Å². The van der Waals surface area contributed by atoms with Crippen molar-refractivity contribution in [2.45, 2.75) is 70.9 Å². The molecule has 2 aromatic rings. The van der Waals surface area contributed by atoms with Crippen LogP contribution in [0.2, 0.25) is 0 Å². The van der Waals surface area contributed by atoms with Crippen molar-refractivity contribution in [1.82, 2.24) is 9.88 Å². The molecule has 0 saturated heterocycles. The number of hydrogen-bond donors (Lipinski definition) is 2. The first-order chi connectivity index (χ1) is 15.2. The Morgan fingerprint density at radius 3 is 2.34 bits per heavy atom. The Morgan fingerprint density at radius 1 is 1.09 bits per heavy atom. The van der Waals surface area contributed by atoms with Gasteiger partial charge in [-0.1, -0.05) is 43.0 Å². The van der Waals surface area contributed by atoms with Crippen LogP contribution in [-0.2, 0) is 4.79 Å². The summed E-state index contributed by atoms with van der Waals surface area (Å²) in [6.07, 6.45) is 3.49. The van der Waals surface area contributed by atoms with E-state index in [1.807, 2.05) is 36.4 Å². The van der Waals surface area contributed by atoms with Crippen LogP contribution in [0.1, 0.15) is 76.1 Å². The topological polar surface area (TPSA) is 82.5 Å². The van der Waals surface area contributed by atoms with Gasteiger partial charge in [-0.2, -0.15) is 0 Å². The first-order valence-electron chi connectivity index (χ1n) is 11.1. The minimum Gasteiger partial charge on any atom is -0.465 e. The smallest absolute Gasteiger partial charge is 0.408 e. The second-order valence-electron chi connectivity index (χ2n) is 9.22. The van der Waals surface area contributed by atoms with E-state index in [1.165, 1.54) is 12.8 Å². The highest BCUT2D eigenvalue weighted by atomic mass is 16.4. The lowest BCUT2D eigenvalue weighted by Gasteiger charge is -2.37. The largest absolute Gasteiger partial charge is 0.465 e. The van der Waals surface area contributed by atoms with Crippen molar-refractivity contribution in [1.29, 1.82) is 0 Å². The number of hydrogen-bond acceptors (Lipinski definition) is 3. The van der Waals surface area contributed by atoms with Gasteiger partial charge in [0.2, 0.25) is 5.91 Å². The number of amides is 2. The molecule has 1 saturated carbocycles. The van der Waals surface area contributed by atoms with Gasteiger partial charge in [-0.15, -0.1) is 0 Å². The number of aromatic nitrogens is 1. The monoisotopic (exact) mass is 433 g/mol. The van der Waals surface area contributed by atoms with E-state index in [0.717, 1.165) is 28.9 Å². The highest BCUT2D eigenvalue weighted by Gasteiger charge is 2.34. The molecule has 1 aliphatic carbocycles. The van der Waals surface area contributed by atoms with Gasteiger partial charge in [-0.25, -0.2) is 9.78 Å². The molecule has 1 unspecified atom stereocenters. The summed E-state index contributed by atoms with van der Waals surface area (Å²) in [7, 11) is 0. The Kier molecular flexibility index (Phi) is 7.19. The van der Waals surface area contributed by atoms with Gasteiger partial charge in [0.25, 0.3) is 0 Å². The molecule has 1 aromatic carbocycles. The number of pyridine rings is 1. The third kappa shape index (κ3) is 5.67. The molecular weight excluding hydrogens is 402 g/mol. The molecule has 32 heavy (non-hydrogen) atoms. The van der Waals surface area contributed by atoms with Crippen LogP contribution in [0, 0.1) is 11.8 Å². The van der Waals surface area contributed by atoms with E-state index in [0.29, 0.717) is 17.4 Å². The normalized spacial score (nSPS) is 14.9. The molecule has 0 radical (unpaired) electrons. The third-order valence-corrected chi connectivity index (χ3v) is 5.77. The molecule has 168 valence electrons. The molecular formula is C26H31N3O3. The fourth-order valence-electron chi connectivity index (χ4n) is 4.24. The van der Waals surface area contributed by atoms with Gasteiger partial charge in [0.1, 0.15) is 17.6 Å². The van der Waals surface area contributed by atoms with Crippen LogP contribution in [0.3, 0.4) is 0 Å². The maximum absolute atomic E-state index is 12.8. The lowest BCUT2D eigenvalue weighted by atomic mass is 9.96. The first-order valence-corrected chi connectivity index (χ1v) is 11.1. The van der Waals surface area contributed by atoms with Crippen LogP contribution in [-0.4, -0.2) is 38.6 Å². The van der Waals surface area contributed by atoms with Gasteiger partial charge < -0.3 is 10.4 Å². The number of benzene rings is 1. The van der Waals surface area contributed by atoms with Crippen molar-refractivity contribution in [2.75, 3.05) is 5.32 Å². The van der Waals surface area contributed by atoms with Crippen LogP contribution >= 0.6 is 0 Å². The molecule has 1 atom stereocenters. The van der Waals surface area contributed by atoms with Gasteiger partial charge in [-0.05, 0) is 76.1 Å². The summed E-state index contributed by atoms with van der Waals surface area (Å²) in [6.45, 7) is 6.86. The van der Waals surface area contributed by atoms with E-state index in [4.69, 9.17) is 0 Å². The zero-order valence-corrected chi connectivity index (χ0v) is 19.2. The number of carboxylic acid groups (broad SMARTS) is 1. The summed E-state index contributed by atoms with van der Waals surface area (Å²) in [5.41, 5.74) is 1.96. The fraction of sp³-hybridized carbons (Fsp3) is 0.423. The van der Waals surface area contributed by atoms with Crippen LogP contribution in [0.25, 0.3) is 0 Å². The molecule has 1 fully saturated rings. The van der Waals surface area contributed by atoms with E-state index in [1.54, 1.807) is 33.8 Å². The Balaban J connectivity index is 1.88. The molecule has 0 aliphatic heterocycles. The predicted molar refractivity (Wildman–Crippen MR) is 126 cm³/mol. The zero-order chi connectivity index (χ0) is 23.3. The molecule has 1 aliphatic rings. The minimum absolute atomic E-state index is 0.375. The molecule has 2 N–H and O–H groups in total. The van der Waals surface area contributed by atoms with Gasteiger partial charge >= 0.3 is 6.09 Å². The number of carbonyl (C=O) groups excluding carboxylic acids is 1. The third-order valence-electron chi connectivity index (χ3n) is 5.77. The van der Waals surface area contributed by atoms with Crippen LogP contribution in [0.4, 0.5) is 10.6 Å². The minimum atomic E-state index is -1.14. The Morgan fingerprint density at radius 2 is 1.75 bits per heavy atom. The summed E-state index contributed by atoms with van der Waals surface area (Å²) in [5.74, 6) is 6.74. The van der Waals surface area contributed by atoms with Gasteiger partial charge in [0.05, 0.1) is 0 Å². The SMILES string of the molecule is CC(C(=O)Nc1ccc(C2CCCC2)c(C#Cc2ccccc2)n1)N(C(=O)O)C(C)(C)C. The van der Waals surface area contributed by atoms with Crippen molar-refractivity contribution < 1.29 is 14.7 Å². The first kappa shape index (κ1) is 23.3. The van der Waals surface area contributed by atoms with E-state index in [-0.39, 0.29) is 0 Å². The molecule has 3 rings (SSSR count). The average Bonchev–Trinajstić information content (AvgIpc) is 3.26. The van der Waals surface area contributed by atoms with Crippen molar-refractivity contribution in [3.05, 3.63) is 59.3 Å². The van der Waals surface area contributed by atoms with E-state index in [9.17, 15) is 14.7 Å². The summed E-state index contributed by atoms with van der Waals surface area (Å²) >= 11 is 0. The standard InChI is InChI=1S/C26H31N3O3/c1-18(29(25(31)32)26(2,3)4)24(30)28-23-17-15-21(20-12-8-9-13-20)22(27-23)16-14-19-10-6-5-7-11-19/h5-7,10-11,15,17-18,20H,8-9,12-13H2,1-4H3,(H,31,32)(H,27,28,30). The van der Waals surface area contributed by atoms with E-state index < -0.39 is 23.6 Å². The predicted octanol–water partition coefficient (Wildman–Crippen LogP) is 5.24. The second kappa shape index (κ2) is 9.86. The van der Waals surface area contributed by atoms with Gasteiger partial charge in [-0.3, -0.25) is 9.69 Å². The van der Waals surface area contributed by atoms with Gasteiger partial charge in [0.15, 0.2) is 0 Å². The maximum atomic E-state index is 12.8. The lowest BCUT2D eigenvalue weighted by Crippen LogP contribution is -2.54. The van der Waals surface area contributed by atoms with Crippen molar-refractivity contribution in [3.8, 4) is 11.8 Å². The Bertz CT molecular complexity index is 1030.